The van der Waals surface area contributed by atoms with Crippen molar-refractivity contribution in [3.63, 3.8) is 0 Å². The van der Waals surface area contributed by atoms with E-state index in [0.717, 1.165) is 69.2 Å². The molecule has 0 saturated heterocycles. The Labute approximate surface area is 176 Å². The number of amides is 2. The summed E-state index contributed by atoms with van der Waals surface area (Å²) >= 11 is 0. The molecule has 1 aromatic carbocycles. The summed E-state index contributed by atoms with van der Waals surface area (Å²) in [6.07, 6.45) is 8.14. The Hall–Kier alpha value is -2.70. The van der Waals surface area contributed by atoms with Crippen LogP contribution in [0.15, 0.2) is 24.3 Å². The minimum atomic E-state index is -0.629. The number of hydrogen-bond donors (Lipinski definition) is 2. The van der Waals surface area contributed by atoms with Crippen molar-refractivity contribution in [1.82, 2.24) is 20.2 Å². The Bertz CT molecular complexity index is 916. The third-order valence-corrected chi connectivity index (χ3v) is 6.13. The van der Waals surface area contributed by atoms with Gasteiger partial charge in [0.2, 0.25) is 5.91 Å². The summed E-state index contributed by atoms with van der Waals surface area (Å²) in [7, 11) is 0. The Morgan fingerprint density at radius 3 is 2.57 bits per heavy atom. The van der Waals surface area contributed by atoms with Crippen molar-refractivity contribution in [2.45, 2.75) is 76.9 Å². The molecule has 2 aromatic rings. The number of fused-ring (bicyclic) bond motifs is 1. The fourth-order valence-electron chi connectivity index (χ4n) is 4.45. The van der Waals surface area contributed by atoms with Crippen LogP contribution >= 0.6 is 0 Å². The van der Waals surface area contributed by atoms with Gasteiger partial charge in [-0.15, -0.1) is 0 Å². The number of nitrogens with zero attached hydrogens (tertiary/aromatic N) is 2. The normalized spacial score (nSPS) is 17.8. The van der Waals surface area contributed by atoms with E-state index in [4.69, 9.17) is 0 Å². The topological polar surface area (TPSA) is 76.0 Å². The number of hydrogen-bond acceptors (Lipinski definition) is 3. The van der Waals surface area contributed by atoms with Crippen LogP contribution in [0.25, 0.3) is 11.4 Å². The average Bonchev–Trinajstić information content (AvgIpc) is 3.30. The molecule has 1 atom stereocenters. The van der Waals surface area contributed by atoms with E-state index in [2.05, 4.69) is 20.2 Å². The first kappa shape index (κ1) is 20.6. The van der Waals surface area contributed by atoms with Gasteiger partial charge in [-0.25, -0.2) is 9.37 Å². The number of imidazole rings is 1. The number of rotatable bonds is 5. The van der Waals surface area contributed by atoms with Gasteiger partial charge >= 0.3 is 0 Å². The molecule has 1 aliphatic heterocycles. The molecule has 6 nitrogen and oxygen atoms in total. The van der Waals surface area contributed by atoms with Crippen molar-refractivity contribution in [1.29, 1.82) is 0 Å². The van der Waals surface area contributed by atoms with Crippen LogP contribution in [-0.4, -0.2) is 33.4 Å². The van der Waals surface area contributed by atoms with Crippen LogP contribution in [0, 0.1) is 5.82 Å². The predicted molar refractivity (Wildman–Crippen MR) is 113 cm³/mol. The van der Waals surface area contributed by atoms with Gasteiger partial charge in [-0.05, 0) is 63.3 Å². The van der Waals surface area contributed by atoms with E-state index < -0.39 is 6.04 Å². The van der Waals surface area contributed by atoms with Crippen LogP contribution in [-0.2, 0) is 17.8 Å². The lowest BCUT2D eigenvalue weighted by atomic mass is 10.1. The summed E-state index contributed by atoms with van der Waals surface area (Å²) in [5, 5.41) is 5.86. The zero-order valence-electron chi connectivity index (χ0n) is 17.4. The van der Waals surface area contributed by atoms with Crippen molar-refractivity contribution in [2.24, 2.45) is 0 Å². The van der Waals surface area contributed by atoms with E-state index in [0.29, 0.717) is 11.5 Å². The quantitative estimate of drug-likeness (QED) is 0.788. The number of carbonyl (C=O) groups excluding carboxylic acids is 2. The van der Waals surface area contributed by atoms with Gasteiger partial charge in [-0.1, -0.05) is 19.3 Å². The third-order valence-electron chi connectivity index (χ3n) is 6.13. The highest BCUT2D eigenvalue weighted by Crippen LogP contribution is 2.27. The minimum Gasteiger partial charge on any atom is -0.352 e. The van der Waals surface area contributed by atoms with Crippen LogP contribution in [0.2, 0.25) is 0 Å². The number of nitrogens with one attached hydrogen (secondary N) is 2. The molecular formula is C23H29FN4O2. The number of benzene rings is 1. The maximum Gasteiger partial charge on any atom is 0.272 e. The maximum atomic E-state index is 13.4. The summed E-state index contributed by atoms with van der Waals surface area (Å²) in [5.74, 6) is -0.107. The summed E-state index contributed by atoms with van der Waals surface area (Å²) in [6, 6.07) is 5.78. The average molecular weight is 413 g/mol. The van der Waals surface area contributed by atoms with Gasteiger partial charge in [0.25, 0.3) is 5.91 Å². The molecule has 2 amide bonds. The van der Waals surface area contributed by atoms with Gasteiger partial charge in [-0.3, -0.25) is 9.59 Å². The van der Waals surface area contributed by atoms with Gasteiger partial charge < -0.3 is 15.2 Å². The molecule has 2 heterocycles. The largest absolute Gasteiger partial charge is 0.352 e. The fourth-order valence-corrected chi connectivity index (χ4v) is 4.45. The molecule has 1 saturated carbocycles. The minimum absolute atomic E-state index is 0.153. The summed E-state index contributed by atoms with van der Waals surface area (Å²) in [6.45, 7) is 2.48. The molecule has 2 aliphatic rings. The van der Waals surface area contributed by atoms with E-state index in [1.54, 1.807) is 19.1 Å². The van der Waals surface area contributed by atoms with Gasteiger partial charge in [-0.2, -0.15) is 0 Å². The molecule has 7 heteroatoms. The van der Waals surface area contributed by atoms with Crippen molar-refractivity contribution in [3.05, 3.63) is 41.5 Å². The molecule has 4 rings (SSSR count). The van der Waals surface area contributed by atoms with Gasteiger partial charge in [0.05, 0.1) is 5.69 Å². The highest BCUT2D eigenvalue weighted by atomic mass is 19.1. The standard InChI is InChI=1S/C23H29FN4O2/c1-15(22(29)26-18-7-4-5-8-18)25-23(30)20-19-9-3-2-6-14-28(19)21(27-20)16-10-12-17(24)13-11-16/h10-13,15,18H,2-9,14H2,1H3,(H,25,30)(H,26,29)/t15-/m1/s1. The Balaban J connectivity index is 1.55. The second kappa shape index (κ2) is 8.98. The van der Waals surface area contributed by atoms with Crippen LogP contribution in [0.3, 0.4) is 0 Å². The number of carbonyl (C=O) groups is 2. The van der Waals surface area contributed by atoms with E-state index in [1.807, 2.05) is 0 Å². The Morgan fingerprint density at radius 2 is 1.83 bits per heavy atom. The van der Waals surface area contributed by atoms with Crippen molar-refractivity contribution < 1.29 is 14.0 Å². The van der Waals surface area contributed by atoms with E-state index in [-0.39, 0.29) is 23.7 Å². The summed E-state index contributed by atoms with van der Waals surface area (Å²) in [5.41, 5.74) is 2.05. The molecule has 2 N–H and O–H groups in total. The van der Waals surface area contributed by atoms with Crippen molar-refractivity contribution in [2.75, 3.05) is 0 Å². The SMILES string of the molecule is C[C@@H](NC(=O)c1nc(-c2ccc(F)cc2)n2c1CCCCC2)C(=O)NC1CCCC1. The highest BCUT2D eigenvalue weighted by Gasteiger charge is 2.27. The highest BCUT2D eigenvalue weighted by molar-refractivity contribution is 5.97. The van der Waals surface area contributed by atoms with Gasteiger partial charge in [0.1, 0.15) is 23.4 Å². The molecular weight excluding hydrogens is 383 g/mol. The second-order valence-electron chi connectivity index (χ2n) is 8.39. The first-order valence-corrected chi connectivity index (χ1v) is 11.0. The van der Waals surface area contributed by atoms with Crippen LogP contribution in [0.1, 0.15) is 68.1 Å². The maximum absolute atomic E-state index is 13.4. The monoisotopic (exact) mass is 412 g/mol. The van der Waals surface area contributed by atoms with Gasteiger partial charge in [0, 0.05) is 18.2 Å². The molecule has 0 spiro atoms. The Morgan fingerprint density at radius 1 is 1.10 bits per heavy atom. The third kappa shape index (κ3) is 4.40. The van der Waals surface area contributed by atoms with Crippen LogP contribution < -0.4 is 10.6 Å². The first-order valence-electron chi connectivity index (χ1n) is 11.0. The lowest BCUT2D eigenvalue weighted by molar-refractivity contribution is -0.123. The molecule has 0 unspecified atom stereocenters. The number of halogens is 1. The fraction of sp³-hybridized carbons (Fsp3) is 0.522. The van der Waals surface area contributed by atoms with E-state index >= 15 is 0 Å². The molecule has 0 radical (unpaired) electrons. The van der Waals surface area contributed by atoms with Crippen molar-refractivity contribution in [3.8, 4) is 11.4 Å². The molecule has 30 heavy (non-hydrogen) atoms. The van der Waals surface area contributed by atoms with Gasteiger partial charge in [0.15, 0.2) is 0 Å². The lowest BCUT2D eigenvalue weighted by Gasteiger charge is -2.17. The van der Waals surface area contributed by atoms with Crippen molar-refractivity contribution >= 4 is 11.8 Å². The molecule has 1 aliphatic carbocycles. The number of aromatic nitrogens is 2. The summed E-state index contributed by atoms with van der Waals surface area (Å²) < 4.78 is 15.5. The zero-order chi connectivity index (χ0) is 21.1. The second-order valence-corrected chi connectivity index (χ2v) is 8.39. The molecule has 1 aromatic heterocycles. The zero-order valence-corrected chi connectivity index (χ0v) is 17.4. The predicted octanol–water partition coefficient (Wildman–Crippen LogP) is 3.59. The van der Waals surface area contributed by atoms with E-state index in [1.165, 1.54) is 12.1 Å². The van der Waals surface area contributed by atoms with Crippen LogP contribution in [0.5, 0.6) is 0 Å². The summed E-state index contributed by atoms with van der Waals surface area (Å²) in [4.78, 5) is 30.2. The van der Waals surface area contributed by atoms with Crippen LogP contribution in [0.4, 0.5) is 4.39 Å². The molecule has 160 valence electrons. The lowest BCUT2D eigenvalue weighted by Crippen LogP contribution is -2.47. The smallest absolute Gasteiger partial charge is 0.272 e. The van der Waals surface area contributed by atoms with E-state index in [9.17, 15) is 14.0 Å². The first-order chi connectivity index (χ1) is 14.5. The Kier molecular flexibility index (Phi) is 6.16. The molecule has 1 fully saturated rings. The molecule has 0 bridgehead atoms.